The molecule has 0 bridgehead atoms. The van der Waals surface area contributed by atoms with Gasteiger partial charge in [0.15, 0.2) is 0 Å². The van der Waals surface area contributed by atoms with Gasteiger partial charge in [0.2, 0.25) is 0 Å². The van der Waals surface area contributed by atoms with Gasteiger partial charge in [-0.25, -0.2) is 9.59 Å². The second-order valence-corrected chi connectivity index (χ2v) is 3.14. The second kappa shape index (κ2) is 4.80. The maximum absolute atomic E-state index is 10.6. The Kier molecular flexibility index (Phi) is 3.68. The summed E-state index contributed by atoms with van der Waals surface area (Å²) < 4.78 is 4.18. The Labute approximate surface area is 77.8 Å². The van der Waals surface area contributed by atoms with Crippen LogP contribution in [0.3, 0.4) is 0 Å². The molecule has 72 valence electrons. The van der Waals surface area contributed by atoms with Gasteiger partial charge in [0.1, 0.15) is 5.57 Å². The first-order valence-corrected chi connectivity index (χ1v) is 4.72. The quantitative estimate of drug-likeness (QED) is 0.214. The van der Waals surface area contributed by atoms with Crippen LogP contribution in [0, 0.1) is 0 Å². The number of carbonyl (C=O) groups excluding carboxylic acids is 2. The maximum Gasteiger partial charge on any atom is 0.353 e. The summed E-state index contributed by atoms with van der Waals surface area (Å²) in [6.07, 6.45) is 7.08. The van der Waals surface area contributed by atoms with Crippen LogP contribution < -0.4 is 0 Å². The number of ether oxygens (including phenoxy) is 1. The molecule has 13 heavy (non-hydrogen) atoms. The number of rotatable bonds is 5. The van der Waals surface area contributed by atoms with Crippen LogP contribution >= 0.6 is 0 Å². The lowest BCUT2D eigenvalue weighted by Gasteiger charge is -2.12. The van der Waals surface area contributed by atoms with E-state index in [0.717, 1.165) is 19.3 Å². The van der Waals surface area contributed by atoms with E-state index in [2.05, 4.69) is 11.7 Å². The molecule has 1 aliphatic rings. The molecule has 0 aromatic heterocycles. The van der Waals surface area contributed by atoms with Gasteiger partial charge in [0.25, 0.3) is 0 Å². The summed E-state index contributed by atoms with van der Waals surface area (Å²) in [6.45, 7) is 2.14. The number of carbonyl (C=O) groups is 2. The molecule has 0 radical (unpaired) electrons. The van der Waals surface area contributed by atoms with Crippen LogP contribution in [0.4, 0.5) is 0 Å². The first-order chi connectivity index (χ1) is 6.25. The summed E-state index contributed by atoms with van der Waals surface area (Å²) in [4.78, 5) is 21.3. The van der Waals surface area contributed by atoms with Gasteiger partial charge in [-0.3, -0.25) is 0 Å². The van der Waals surface area contributed by atoms with Crippen LogP contribution in [0.2, 0.25) is 0 Å². The Balaban J connectivity index is 2.16. The predicted octanol–water partition coefficient (Wildman–Crippen LogP) is 1.97. The summed E-state index contributed by atoms with van der Waals surface area (Å²) in [6, 6.07) is 0. The van der Waals surface area contributed by atoms with E-state index < -0.39 is 11.9 Å². The summed E-state index contributed by atoms with van der Waals surface area (Å²) in [5.41, 5.74) is 0.233. The van der Waals surface area contributed by atoms with Crippen molar-refractivity contribution < 1.29 is 14.3 Å². The summed E-state index contributed by atoms with van der Waals surface area (Å²) in [5, 5.41) is 0. The lowest BCUT2D eigenvalue weighted by atomic mass is 10.1. The van der Waals surface area contributed by atoms with Crippen molar-refractivity contribution in [2.75, 3.05) is 0 Å². The fraction of sp³-hybridized carbons (Fsp3) is 0.600. The van der Waals surface area contributed by atoms with Crippen LogP contribution in [0.25, 0.3) is 0 Å². The lowest BCUT2D eigenvalue weighted by molar-refractivity contribution is -0.165. The summed E-state index contributed by atoms with van der Waals surface area (Å²) in [5.74, 6) is -0.944. The molecule has 1 rings (SSSR count). The first kappa shape index (κ1) is 9.96. The minimum absolute atomic E-state index is 0.233. The van der Waals surface area contributed by atoms with Crippen LogP contribution in [-0.4, -0.2) is 11.9 Å². The van der Waals surface area contributed by atoms with Crippen LogP contribution in [-0.2, 0) is 14.3 Å². The SMILES string of the molecule is CCCCCCC=C1C(=O)OC1=O. The van der Waals surface area contributed by atoms with Crippen LogP contribution in [0.1, 0.15) is 39.0 Å². The highest BCUT2D eigenvalue weighted by Crippen LogP contribution is 2.15. The fourth-order valence-electron chi connectivity index (χ4n) is 1.22. The van der Waals surface area contributed by atoms with Gasteiger partial charge < -0.3 is 4.74 Å². The smallest absolute Gasteiger partial charge is 0.353 e. The zero-order chi connectivity index (χ0) is 9.68. The van der Waals surface area contributed by atoms with Crippen molar-refractivity contribution in [3.63, 3.8) is 0 Å². The van der Waals surface area contributed by atoms with Gasteiger partial charge in [0, 0.05) is 0 Å². The Bertz CT molecular complexity index is 225. The average Bonchev–Trinajstić information content (AvgIpc) is 2.11. The zero-order valence-corrected chi connectivity index (χ0v) is 7.84. The molecule has 0 amide bonds. The standard InChI is InChI=1S/C10H14O3/c1-2-3-4-5-6-7-8-9(11)13-10(8)12/h7H,2-6H2,1H3. The Morgan fingerprint density at radius 1 is 1.15 bits per heavy atom. The van der Waals surface area contributed by atoms with E-state index in [9.17, 15) is 9.59 Å². The van der Waals surface area contributed by atoms with Gasteiger partial charge >= 0.3 is 11.9 Å². The molecule has 1 fully saturated rings. The minimum atomic E-state index is -0.472. The molecule has 0 spiro atoms. The van der Waals surface area contributed by atoms with Crippen molar-refractivity contribution in [2.45, 2.75) is 39.0 Å². The first-order valence-electron chi connectivity index (χ1n) is 4.72. The number of hydrogen-bond donors (Lipinski definition) is 0. The number of unbranched alkanes of at least 4 members (excludes halogenated alkanes) is 4. The number of allylic oxidation sites excluding steroid dienone is 1. The molecule has 0 saturated carbocycles. The van der Waals surface area contributed by atoms with E-state index in [4.69, 9.17) is 0 Å². The monoisotopic (exact) mass is 182 g/mol. The molecular formula is C10H14O3. The topological polar surface area (TPSA) is 43.4 Å². The molecule has 1 heterocycles. The highest BCUT2D eigenvalue weighted by atomic mass is 16.6. The molecule has 0 N–H and O–H groups in total. The van der Waals surface area contributed by atoms with Crippen LogP contribution in [0.5, 0.6) is 0 Å². The third kappa shape index (κ3) is 2.68. The van der Waals surface area contributed by atoms with Gasteiger partial charge in [0.05, 0.1) is 0 Å². The third-order valence-electron chi connectivity index (χ3n) is 2.03. The molecular weight excluding hydrogens is 168 g/mol. The summed E-state index contributed by atoms with van der Waals surface area (Å²) in [7, 11) is 0. The van der Waals surface area contributed by atoms with Crippen molar-refractivity contribution >= 4 is 11.9 Å². The Morgan fingerprint density at radius 2 is 1.85 bits per heavy atom. The number of cyclic esters (lactones) is 2. The molecule has 0 atom stereocenters. The molecule has 3 nitrogen and oxygen atoms in total. The van der Waals surface area contributed by atoms with E-state index in [0.29, 0.717) is 0 Å². The van der Waals surface area contributed by atoms with Crippen molar-refractivity contribution in [1.29, 1.82) is 0 Å². The van der Waals surface area contributed by atoms with E-state index in [1.807, 2.05) is 0 Å². The highest BCUT2D eigenvalue weighted by molar-refractivity contribution is 6.26. The van der Waals surface area contributed by atoms with Gasteiger partial charge in [-0.2, -0.15) is 0 Å². The maximum atomic E-state index is 10.6. The number of esters is 2. The average molecular weight is 182 g/mol. The molecule has 0 unspecified atom stereocenters. The fourth-order valence-corrected chi connectivity index (χ4v) is 1.22. The van der Waals surface area contributed by atoms with Crippen LogP contribution in [0.15, 0.2) is 11.6 Å². The van der Waals surface area contributed by atoms with E-state index in [-0.39, 0.29) is 5.57 Å². The predicted molar refractivity (Wildman–Crippen MR) is 47.9 cm³/mol. The largest absolute Gasteiger partial charge is 0.385 e. The normalized spacial score (nSPS) is 15.3. The van der Waals surface area contributed by atoms with Crippen molar-refractivity contribution in [2.24, 2.45) is 0 Å². The summed E-state index contributed by atoms with van der Waals surface area (Å²) >= 11 is 0. The highest BCUT2D eigenvalue weighted by Gasteiger charge is 2.33. The lowest BCUT2D eigenvalue weighted by Crippen LogP contribution is -2.31. The van der Waals surface area contributed by atoms with Crippen molar-refractivity contribution in [3.05, 3.63) is 11.6 Å². The molecule has 1 saturated heterocycles. The molecule has 1 aliphatic heterocycles. The Hall–Kier alpha value is -1.12. The van der Waals surface area contributed by atoms with Gasteiger partial charge in [-0.1, -0.05) is 32.3 Å². The van der Waals surface area contributed by atoms with Gasteiger partial charge in [-0.15, -0.1) is 0 Å². The van der Waals surface area contributed by atoms with Crippen molar-refractivity contribution in [1.82, 2.24) is 0 Å². The molecule has 3 heteroatoms. The molecule has 0 aliphatic carbocycles. The Morgan fingerprint density at radius 3 is 2.38 bits per heavy atom. The van der Waals surface area contributed by atoms with Crippen molar-refractivity contribution in [3.8, 4) is 0 Å². The molecule has 0 aromatic carbocycles. The van der Waals surface area contributed by atoms with E-state index >= 15 is 0 Å². The molecule has 0 aromatic rings. The zero-order valence-electron chi connectivity index (χ0n) is 7.84. The number of hydrogen-bond acceptors (Lipinski definition) is 3. The van der Waals surface area contributed by atoms with E-state index in [1.165, 1.54) is 12.8 Å². The second-order valence-electron chi connectivity index (χ2n) is 3.14. The third-order valence-corrected chi connectivity index (χ3v) is 2.03. The van der Waals surface area contributed by atoms with Gasteiger partial charge in [-0.05, 0) is 12.8 Å². The minimum Gasteiger partial charge on any atom is -0.385 e. The van der Waals surface area contributed by atoms with E-state index in [1.54, 1.807) is 6.08 Å².